The third-order valence-electron chi connectivity index (χ3n) is 12.8. The lowest BCUT2D eigenvalue weighted by Gasteiger charge is -2.33. The molecule has 0 amide bonds. The molecule has 1 aliphatic carbocycles. The fourth-order valence-corrected chi connectivity index (χ4v) is 10.1. The van der Waals surface area contributed by atoms with Crippen LogP contribution >= 0.6 is 0 Å². The summed E-state index contributed by atoms with van der Waals surface area (Å²) in [6.07, 6.45) is 0. The Labute approximate surface area is 355 Å². The molecule has 12 rings (SSSR count). The molecular weight excluding hydrogens is 739 g/mol. The Morgan fingerprint density at radius 3 is 1.57 bits per heavy atom. The smallest absolute Gasteiger partial charge is 0.159 e. The summed E-state index contributed by atoms with van der Waals surface area (Å²) in [5.41, 5.74) is 16.4. The van der Waals surface area contributed by atoms with E-state index in [1.807, 2.05) is 0 Å². The Hall–Kier alpha value is -7.94. The summed E-state index contributed by atoms with van der Waals surface area (Å²) < 4.78 is 7.43. The van der Waals surface area contributed by atoms with E-state index in [0.717, 1.165) is 50.0 Å². The molecule has 0 bridgehead atoms. The minimum absolute atomic E-state index is 0.517. The molecule has 2 heteroatoms. The van der Waals surface area contributed by atoms with Crippen molar-refractivity contribution in [2.75, 3.05) is 4.90 Å². The van der Waals surface area contributed by atoms with Crippen LogP contribution in [0.3, 0.4) is 0 Å². The van der Waals surface area contributed by atoms with Crippen molar-refractivity contribution < 1.29 is 4.42 Å². The molecular formula is C59H39NO. The van der Waals surface area contributed by atoms with Crippen LogP contribution < -0.4 is 4.90 Å². The van der Waals surface area contributed by atoms with Gasteiger partial charge in [-0.25, -0.2) is 0 Å². The van der Waals surface area contributed by atoms with E-state index in [-0.39, 0.29) is 0 Å². The van der Waals surface area contributed by atoms with Gasteiger partial charge in [0.1, 0.15) is 5.58 Å². The van der Waals surface area contributed by atoms with Crippen molar-refractivity contribution in [3.05, 3.63) is 259 Å². The molecule has 0 N–H and O–H groups in total. The Morgan fingerprint density at radius 1 is 0.311 bits per heavy atom. The highest BCUT2D eigenvalue weighted by atomic mass is 16.3. The van der Waals surface area contributed by atoms with Crippen molar-refractivity contribution in [2.24, 2.45) is 0 Å². The third-order valence-corrected chi connectivity index (χ3v) is 12.8. The number of hydrogen-bond acceptors (Lipinski definition) is 2. The average molecular weight is 778 g/mol. The number of nitrogens with zero attached hydrogens (tertiary/aromatic N) is 1. The largest absolute Gasteiger partial charge is 0.453 e. The second kappa shape index (κ2) is 14.1. The van der Waals surface area contributed by atoms with Gasteiger partial charge < -0.3 is 9.32 Å². The van der Waals surface area contributed by atoms with E-state index in [1.165, 1.54) is 55.5 Å². The summed E-state index contributed by atoms with van der Waals surface area (Å²) in [4.78, 5) is 2.39. The van der Waals surface area contributed by atoms with Gasteiger partial charge in [-0.15, -0.1) is 0 Å². The van der Waals surface area contributed by atoms with Crippen LogP contribution in [0.1, 0.15) is 22.3 Å². The van der Waals surface area contributed by atoms with Crippen molar-refractivity contribution in [1.82, 2.24) is 0 Å². The monoisotopic (exact) mass is 777 g/mol. The van der Waals surface area contributed by atoms with E-state index in [2.05, 4.69) is 241 Å². The molecule has 2 nitrogen and oxygen atoms in total. The van der Waals surface area contributed by atoms with E-state index < -0.39 is 5.41 Å². The minimum atomic E-state index is -0.517. The average Bonchev–Trinajstić information content (AvgIpc) is 3.88. The molecule has 10 aromatic carbocycles. The lowest BCUT2D eigenvalue weighted by atomic mass is 9.68. The summed E-state index contributed by atoms with van der Waals surface area (Å²) in [5.74, 6) is 0. The first-order chi connectivity index (χ1) is 30.3. The summed E-state index contributed by atoms with van der Waals surface area (Å²) in [6, 6.07) is 85.6. The predicted octanol–water partition coefficient (Wildman–Crippen LogP) is 15.9. The first kappa shape index (κ1) is 35.0. The number of fused-ring (bicyclic) bond motifs is 8. The van der Waals surface area contributed by atoms with Crippen molar-refractivity contribution in [2.45, 2.75) is 5.41 Å². The van der Waals surface area contributed by atoms with E-state index in [9.17, 15) is 0 Å². The zero-order valence-electron chi connectivity index (χ0n) is 33.4. The summed E-state index contributed by atoms with van der Waals surface area (Å²) in [7, 11) is 0. The zero-order chi connectivity index (χ0) is 40.3. The van der Waals surface area contributed by atoms with Gasteiger partial charge in [-0.05, 0) is 79.7 Å². The fourth-order valence-electron chi connectivity index (χ4n) is 10.1. The van der Waals surface area contributed by atoms with Gasteiger partial charge in [0, 0.05) is 27.4 Å². The van der Waals surface area contributed by atoms with Gasteiger partial charge in [0.05, 0.1) is 16.8 Å². The lowest BCUT2D eigenvalue weighted by molar-refractivity contribution is 0.669. The predicted molar refractivity (Wildman–Crippen MR) is 254 cm³/mol. The van der Waals surface area contributed by atoms with Crippen LogP contribution in [0.25, 0.3) is 66.1 Å². The van der Waals surface area contributed by atoms with Gasteiger partial charge in [0.15, 0.2) is 5.58 Å². The molecule has 11 aromatic rings. The van der Waals surface area contributed by atoms with Gasteiger partial charge in [-0.3, -0.25) is 0 Å². The topological polar surface area (TPSA) is 16.4 Å². The Kier molecular flexibility index (Phi) is 8.11. The molecule has 1 aliphatic rings. The SMILES string of the molecule is c1ccc(-c2ccc(N(c3ccc(-c4ccccc4)c4ccccc34)c3cccc4c3oc3c5c(ccc34)C(c3ccccc3)(c3ccccc3)c3ccccc3-5)cc2)cc1. The Bertz CT molecular complexity index is 3350. The van der Waals surface area contributed by atoms with Crippen LogP contribution in [-0.4, -0.2) is 0 Å². The molecule has 0 fully saturated rings. The zero-order valence-corrected chi connectivity index (χ0v) is 33.4. The molecule has 1 heterocycles. The van der Waals surface area contributed by atoms with E-state index in [0.29, 0.717) is 0 Å². The second-order valence-electron chi connectivity index (χ2n) is 15.9. The van der Waals surface area contributed by atoms with Crippen molar-refractivity contribution in [3.8, 4) is 33.4 Å². The first-order valence-corrected chi connectivity index (χ1v) is 21.0. The van der Waals surface area contributed by atoms with E-state index in [1.54, 1.807) is 0 Å². The second-order valence-corrected chi connectivity index (χ2v) is 15.9. The molecule has 0 saturated heterocycles. The molecule has 286 valence electrons. The van der Waals surface area contributed by atoms with Gasteiger partial charge in [-0.2, -0.15) is 0 Å². The van der Waals surface area contributed by atoms with E-state index >= 15 is 0 Å². The molecule has 0 spiro atoms. The van der Waals surface area contributed by atoms with Crippen LogP contribution in [0.5, 0.6) is 0 Å². The van der Waals surface area contributed by atoms with Gasteiger partial charge in [-0.1, -0.05) is 212 Å². The van der Waals surface area contributed by atoms with Crippen LogP contribution in [-0.2, 0) is 5.41 Å². The first-order valence-electron chi connectivity index (χ1n) is 21.0. The quantitative estimate of drug-likeness (QED) is 0.160. The van der Waals surface area contributed by atoms with Crippen LogP contribution in [0.4, 0.5) is 17.1 Å². The highest BCUT2D eigenvalue weighted by Gasteiger charge is 2.47. The molecule has 61 heavy (non-hydrogen) atoms. The van der Waals surface area contributed by atoms with Gasteiger partial charge in [0.25, 0.3) is 0 Å². The minimum Gasteiger partial charge on any atom is -0.453 e. The van der Waals surface area contributed by atoms with Gasteiger partial charge >= 0.3 is 0 Å². The Balaban J connectivity index is 1.13. The molecule has 0 radical (unpaired) electrons. The van der Waals surface area contributed by atoms with Crippen molar-refractivity contribution in [3.63, 3.8) is 0 Å². The summed E-state index contributed by atoms with van der Waals surface area (Å²) in [5, 5.41) is 4.54. The number of rotatable bonds is 7. The highest BCUT2D eigenvalue weighted by Crippen LogP contribution is 2.59. The number of para-hydroxylation sites is 1. The third kappa shape index (κ3) is 5.36. The Morgan fingerprint density at radius 2 is 0.869 bits per heavy atom. The molecule has 0 unspecified atom stereocenters. The molecule has 0 saturated carbocycles. The molecule has 0 atom stereocenters. The van der Waals surface area contributed by atoms with Crippen LogP contribution in [0.2, 0.25) is 0 Å². The number of furan rings is 1. The number of hydrogen-bond donors (Lipinski definition) is 0. The normalized spacial score (nSPS) is 12.7. The van der Waals surface area contributed by atoms with E-state index in [4.69, 9.17) is 4.42 Å². The summed E-state index contributed by atoms with van der Waals surface area (Å²) >= 11 is 0. The standard InChI is InChI=1S/C59H39NO/c1-5-18-40(19-6-1)41-32-34-45(35-33-41)60(54-39-37-46(42-20-7-2-8-21-42)47-26-13-14-27-48(47)54)55-31-17-29-49-50-36-38-53-56(58(50)61-57(49)55)51-28-15-16-30-52(51)59(53,43-22-9-3-10-23-43)44-24-11-4-12-25-44/h1-39H. The number of benzene rings is 10. The molecule has 0 aliphatic heterocycles. The maximum atomic E-state index is 7.43. The van der Waals surface area contributed by atoms with Gasteiger partial charge in [0.2, 0.25) is 0 Å². The maximum absolute atomic E-state index is 7.43. The highest BCUT2D eigenvalue weighted by molar-refractivity contribution is 6.16. The van der Waals surface area contributed by atoms with Crippen molar-refractivity contribution >= 4 is 49.8 Å². The number of anilines is 3. The summed E-state index contributed by atoms with van der Waals surface area (Å²) in [6.45, 7) is 0. The lowest BCUT2D eigenvalue weighted by Crippen LogP contribution is -2.28. The van der Waals surface area contributed by atoms with Crippen molar-refractivity contribution in [1.29, 1.82) is 0 Å². The van der Waals surface area contributed by atoms with Crippen LogP contribution in [0, 0.1) is 0 Å². The fraction of sp³-hybridized carbons (Fsp3) is 0.0169. The van der Waals surface area contributed by atoms with Crippen LogP contribution in [0.15, 0.2) is 241 Å². The molecule has 1 aromatic heterocycles. The maximum Gasteiger partial charge on any atom is 0.159 e.